The zero-order valence-electron chi connectivity index (χ0n) is 12.0. The van der Waals surface area contributed by atoms with E-state index in [2.05, 4.69) is 41.9 Å². The number of benzene rings is 1. The van der Waals surface area contributed by atoms with E-state index in [9.17, 15) is 0 Å². The molecule has 0 radical (unpaired) electrons. The Balaban J connectivity index is 1.57. The predicted molar refractivity (Wildman–Crippen MR) is 85.8 cm³/mol. The summed E-state index contributed by atoms with van der Waals surface area (Å²) in [4.78, 5) is 4.74. The molecule has 2 nitrogen and oxygen atoms in total. The normalized spacial score (nSPS) is 17.4. The molecule has 1 fully saturated rings. The molecule has 0 aliphatic heterocycles. The second-order valence-corrected chi connectivity index (χ2v) is 6.65. The van der Waals surface area contributed by atoms with Gasteiger partial charge < -0.3 is 5.32 Å². The van der Waals surface area contributed by atoms with E-state index in [0.717, 1.165) is 18.2 Å². The van der Waals surface area contributed by atoms with Gasteiger partial charge in [-0.2, -0.15) is 0 Å². The summed E-state index contributed by atoms with van der Waals surface area (Å²) in [7, 11) is 0. The van der Waals surface area contributed by atoms with Crippen LogP contribution in [-0.4, -0.2) is 11.0 Å². The molecule has 106 valence electrons. The fraction of sp³-hybridized carbons (Fsp3) is 0.471. The molecule has 1 saturated carbocycles. The number of thiazole rings is 1. The molecule has 3 rings (SSSR count). The van der Waals surface area contributed by atoms with Crippen LogP contribution >= 0.6 is 11.3 Å². The first-order valence-electron chi connectivity index (χ1n) is 7.56. The summed E-state index contributed by atoms with van der Waals surface area (Å²) in [5.41, 5.74) is 2.31. The molecule has 1 N–H and O–H groups in total. The Hall–Kier alpha value is -1.19. The predicted octanol–water partition coefficient (Wildman–Crippen LogP) is 4.48. The van der Waals surface area contributed by atoms with Crippen molar-refractivity contribution in [3.63, 3.8) is 0 Å². The van der Waals surface area contributed by atoms with Crippen molar-refractivity contribution in [3.05, 3.63) is 40.7 Å². The minimum absolute atomic E-state index is 0.613. The lowest BCUT2D eigenvalue weighted by Gasteiger charge is -2.19. The van der Waals surface area contributed by atoms with Crippen molar-refractivity contribution in [1.29, 1.82) is 0 Å². The Morgan fingerprint density at radius 1 is 1.25 bits per heavy atom. The van der Waals surface area contributed by atoms with Crippen LogP contribution in [0.1, 0.15) is 37.6 Å². The third-order valence-corrected chi connectivity index (χ3v) is 5.15. The van der Waals surface area contributed by atoms with Crippen molar-refractivity contribution >= 4 is 11.3 Å². The van der Waals surface area contributed by atoms with Crippen molar-refractivity contribution in [1.82, 2.24) is 10.3 Å². The first-order valence-corrected chi connectivity index (χ1v) is 8.44. The van der Waals surface area contributed by atoms with Gasteiger partial charge in [0.05, 0.1) is 5.69 Å². The van der Waals surface area contributed by atoms with Crippen LogP contribution in [0.3, 0.4) is 0 Å². The maximum absolute atomic E-state index is 4.74. The fourth-order valence-corrected chi connectivity index (χ4v) is 3.76. The standard InChI is InChI=1S/C17H22N2S/c1-13(14-7-5-6-8-14)18-11-17-19-16(12-20-17)15-9-3-2-4-10-15/h2-4,9-10,12-14,18H,5-8,11H2,1H3/t13-/m1/s1. The number of rotatable bonds is 5. The molecule has 0 spiro atoms. The number of nitrogens with zero attached hydrogens (tertiary/aromatic N) is 1. The van der Waals surface area contributed by atoms with Crippen molar-refractivity contribution in [3.8, 4) is 11.3 Å². The highest BCUT2D eigenvalue weighted by Gasteiger charge is 2.21. The van der Waals surface area contributed by atoms with E-state index < -0.39 is 0 Å². The van der Waals surface area contributed by atoms with Gasteiger partial charge in [0.1, 0.15) is 5.01 Å². The topological polar surface area (TPSA) is 24.9 Å². The Kier molecular flexibility index (Phi) is 4.48. The Bertz CT molecular complexity index is 529. The van der Waals surface area contributed by atoms with Crippen LogP contribution in [0, 0.1) is 5.92 Å². The van der Waals surface area contributed by atoms with Gasteiger partial charge in [0, 0.05) is 23.5 Å². The third kappa shape index (κ3) is 3.28. The second-order valence-electron chi connectivity index (χ2n) is 5.71. The molecular formula is C17H22N2S. The lowest BCUT2D eigenvalue weighted by molar-refractivity contribution is 0.380. The molecule has 2 aromatic rings. The molecule has 1 aliphatic rings. The van der Waals surface area contributed by atoms with Crippen molar-refractivity contribution in [2.75, 3.05) is 0 Å². The lowest BCUT2D eigenvalue weighted by Crippen LogP contribution is -2.31. The molecule has 0 unspecified atom stereocenters. The zero-order chi connectivity index (χ0) is 13.8. The van der Waals surface area contributed by atoms with Crippen LogP contribution in [-0.2, 0) is 6.54 Å². The van der Waals surface area contributed by atoms with Gasteiger partial charge in [0.2, 0.25) is 0 Å². The van der Waals surface area contributed by atoms with E-state index >= 15 is 0 Å². The van der Waals surface area contributed by atoms with Gasteiger partial charge in [0.15, 0.2) is 0 Å². The van der Waals surface area contributed by atoms with Crippen molar-refractivity contribution < 1.29 is 0 Å². The monoisotopic (exact) mass is 286 g/mol. The molecule has 0 amide bonds. The molecule has 0 bridgehead atoms. The van der Waals surface area contributed by atoms with E-state index in [1.165, 1.54) is 36.3 Å². The molecule has 3 heteroatoms. The average molecular weight is 286 g/mol. The summed E-state index contributed by atoms with van der Waals surface area (Å²) in [5.74, 6) is 0.864. The van der Waals surface area contributed by atoms with Gasteiger partial charge in [0.25, 0.3) is 0 Å². The number of nitrogens with one attached hydrogen (secondary N) is 1. The summed E-state index contributed by atoms with van der Waals surface area (Å²) >= 11 is 1.76. The van der Waals surface area contributed by atoms with Crippen molar-refractivity contribution in [2.45, 2.75) is 45.2 Å². The van der Waals surface area contributed by atoms with Crippen LogP contribution in [0.4, 0.5) is 0 Å². The van der Waals surface area contributed by atoms with E-state index in [1.54, 1.807) is 11.3 Å². The molecule has 20 heavy (non-hydrogen) atoms. The third-order valence-electron chi connectivity index (χ3n) is 4.30. The van der Waals surface area contributed by atoms with Gasteiger partial charge in [-0.15, -0.1) is 11.3 Å². The van der Waals surface area contributed by atoms with Gasteiger partial charge >= 0.3 is 0 Å². The maximum Gasteiger partial charge on any atom is 0.107 e. The van der Waals surface area contributed by atoms with Crippen LogP contribution in [0.2, 0.25) is 0 Å². The van der Waals surface area contributed by atoms with Gasteiger partial charge in [-0.1, -0.05) is 43.2 Å². The highest BCUT2D eigenvalue weighted by Crippen LogP contribution is 2.28. The van der Waals surface area contributed by atoms with Crippen LogP contribution in [0.25, 0.3) is 11.3 Å². The van der Waals surface area contributed by atoms with Gasteiger partial charge in [-0.05, 0) is 25.7 Å². The summed E-state index contributed by atoms with van der Waals surface area (Å²) in [5, 5.41) is 7.00. The Morgan fingerprint density at radius 2 is 2.00 bits per heavy atom. The average Bonchev–Trinajstić information content (AvgIpc) is 3.17. The number of hydrogen-bond acceptors (Lipinski definition) is 3. The fourth-order valence-electron chi connectivity index (χ4n) is 3.01. The van der Waals surface area contributed by atoms with E-state index in [4.69, 9.17) is 4.98 Å². The van der Waals surface area contributed by atoms with Crippen molar-refractivity contribution in [2.24, 2.45) is 5.92 Å². The zero-order valence-corrected chi connectivity index (χ0v) is 12.8. The Labute approximate surface area is 125 Å². The molecule has 1 heterocycles. The second kappa shape index (κ2) is 6.51. The molecular weight excluding hydrogens is 264 g/mol. The van der Waals surface area contributed by atoms with E-state index in [1.807, 2.05) is 6.07 Å². The SMILES string of the molecule is C[C@@H](NCc1nc(-c2ccccc2)cs1)C1CCCC1. The summed E-state index contributed by atoms with van der Waals surface area (Å²) in [6.45, 7) is 3.22. The van der Waals surface area contributed by atoms with Gasteiger partial charge in [-0.25, -0.2) is 4.98 Å². The molecule has 1 aromatic heterocycles. The number of aromatic nitrogens is 1. The maximum atomic E-state index is 4.74. The summed E-state index contributed by atoms with van der Waals surface area (Å²) in [6, 6.07) is 11.0. The summed E-state index contributed by atoms with van der Waals surface area (Å²) < 4.78 is 0. The van der Waals surface area contributed by atoms with Crippen LogP contribution < -0.4 is 5.32 Å². The quantitative estimate of drug-likeness (QED) is 0.876. The highest BCUT2D eigenvalue weighted by molar-refractivity contribution is 7.09. The smallest absolute Gasteiger partial charge is 0.107 e. The summed E-state index contributed by atoms with van der Waals surface area (Å²) in [6.07, 6.45) is 5.60. The largest absolute Gasteiger partial charge is 0.308 e. The first-order chi connectivity index (χ1) is 9.83. The lowest BCUT2D eigenvalue weighted by atomic mass is 10.00. The minimum Gasteiger partial charge on any atom is -0.308 e. The molecule has 1 atom stereocenters. The van der Waals surface area contributed by atoms with Gasteiger partial charge in [-0.3, -0.25) is 0 Å². The van der Waals surface area contributed by atoms with Crippen LogP contribution in [0.5, 0.6) is 0 Å². The molecule has 1 aliphatic carbocycles. The van der Waals surface area contributed by atoms with E-state index in [-0.39, 0.29) is 0 Å². The number of hydrogen-bond donors (Lipinski definition) is 1. The minimum atomic E-state index is 0.613. The van der Waals surface area contributed by atoms with E-state index in [0.29, 0.717) is 6.04 Å². The molecule has 0 saturated heterocycles. The molecule has 1 aromatic carbocycles. The highest BCUT2D eigenvalue weighted by atomic mass is 32.1. The first kappa shape index (κ1) is 13.8. The Morgan fingerprint density at radius 3 is 2.75 bits per heavy atom. The van der Waals surface area contributed by atoms with Crippen LogP contribution in [0.15, 0.2) is 35.7 Å².